The van der Waals surface area contributed by atoms with Crippen molar-refractivity contribution in [1.29, 1.82) is 0 Å². The molecule has 0 aliphatic heterocycles. The van der Waals surface area contributed by atoms with Crippen molar-refractivity contribution < 1.29 is 9.53 Å². The number of nitrogens with zero attached hydrogens (tertiary/aromatic N) is 1. The largest absolute Gasteiger partial charge is 0.497 e. The summed E-state index contributed by atoms with van der Waals surface area (Å²) in [5.74, 6) is 1.30. The molecule has 0 saturated carbocycles. The molecule has 18 heavy (non-hydrogen) atoms. The molecule has 1 rings (SSSR count). The Bertz CT molecular complexity index is 398. The van der Waals surface area contributed by atoms with E-state index in [0.29, 0.717) is 12.3 Å². The first-order valence-electron chi connectivity index (χ1n) is 5.81. The Hall–Kier alpha value is -1.20. The van der Waals surface area contributed by atoms with Crippen molar-refractivity contribution in [2.75, 3.05) is 26.5 Å². The molecule has 4 nitrogen and oxygen atoms in total. The molecule has 1 atom stereocenters. The van der Waals surface area contributed by atoms with Crippen LogP contribution in [0.15, 0.2) is 29.2 Å². The van der Waals surface area contributed by atoms with Gasteiger partial charge in [-0.2, -0.15) is 0 Å². The topological polar surface area (TPSA) is 55.6 Å². The molecule has 2 N–H and O–H groups in total. The van der Waals surface area contributed by atoms with Crippen LogP contribution in [0.25, 0.3) is 0 Å². The Morgan fingerprint density at radius 2 is 2.28 bits per heavy atom. The van der Waals surface area contributed by atoms with Gasteiger partial charge in [-0.15, -0.1) is 11.8 Å². The lowest BCUT2D eigenvalue weighted by atomic mass is 10.3. The number of hydrogen-bond acceptors (Lipinski definition) is 4. The normalized spacial score (nSPS) is 12.0. The Balaban J connectivity index is 2.51. The summed E-state index contributed by atoms with van der Waals surface area (Å²) in [5.41, 5.74) is 5.54. The average molecular weight is 268 g/mol. The van der Waals surface area contributed by atoms with Crippen molar-refractivity contribution in [3.05, 3.63) is 24.3 Å². The molecule has 0 aliphatic rings. The summed E-state index contributed by atoms with van der Waals surface area (Å²) < 4.78 is 5.14. The van der Waals surface area contributed by atoms with Gasteiger partial charge in [0, 0.05) is 24.5 Å². The summed E-state index contributed by atoms with van der Waals surface area (Å²) >= 11 is 1.50. The van der Waals surface area contributed by atoms with Crippen LogP contribution in [0.1, 0.15) is 6.92 Å². The maximum absolute atomic E-state index is 11.9. The van der Waals surface area contributed by atoms with Crippen molar-refractivity contribution in [1.82, 2.24) is 4.90 Å². The first kappa shape index (κ1) is 14.9. The van der Waals surface area contributed by atoms with E-state index in [4.69, 9.17) is 10.5 Å². The van der Waals surface area contributed by atoms with Crippen LogP contribution in [0.5, 0.6) is 5.75 Å². The third-order valence-corrected chi connectivity index (χ3v) is 3.78. The van der Waals surface area contributed by atoms with Crippen LogP contribution in [0.3, 0.4) is 0 Å². The van der Waals surface area contributed by atoms with Crippen LogP contribution in [0.2, 0.25) is 0 Å². The van der Waals surface area contributed by atoms with E-state index in [2.05, 4.69) is 0 Å². The van der Waals surface area contributed by atoms with Crippen LogP contribution in [0, 0.1) is 0 Å². The average Bonchev–Trinajstić information content (AvgIpc) is 2.43. The Morgan fingerprint density at radius 1 is 1.56 bits per heavy atom. The molecule has 0 heterocycles. The van der Waals surface area contributed by atoms with Gasteiger partial charge in [0.15, 0.2) is 0 Å². The van der Waals surface area contributed by atoms with Gasteiger partial charge >= 0.3 is 0 Å². The quantitative estimate of drug-likeness (QED) is 0.796. The second kappa shape index (κ2) is 7.28. The second-order valence-corrected chi connectivity index (χ2v) is 5.11. The molecule has 0 bridgehead atoms. The van der Waals surface area contributed by atoms with Gasteiger partial charge < -0.3 is 15.4 Å². The fourth-order valence-corrected chi connectivity index (χ4v) is 2.21. The number of likely N-dealkylation sites (N-methyl/N-ethyl adjacent to an activating group) is 1. The Labute approximate surface area is 112 Å². The van der Waals surface area contributed by atoms with E-state index in [1.54, 1.807) is 19.1 Å². The molecule has 0 saturated heterocycles. The van der Waals surface area contributed by atoms with Crippen LogP contribution in [-0.2, 0) is 4.79 Å². The van der Waals surface area contributed by atoms with Crippen molar-refractivity contribution in [3.63, 3.8) is 0 Å². The van der Waals surface area contributed by atoms with Crippen molar-refractivity contribution in [3.8, 4) is 5.75 Å². The van der Waals surface area contributed by atoms with Crippen molar-refractivity contribution in [2.45, 2.75) is 17.9 Å². The van der Waals surface area contributed by atoms with E-state index in [9.17, 15) is 4.79 Å². The maximum Gasteiger partial charge on any atom is 0.232 e. The molecule has 1 unspecified atom stereocenters. The number of hydrogen-bond donors (Lipinski definition) is 1. The highest BCUT2D eigenvalue weighted by Crippen LogP contribution is 2.23. The van der Waals surface area contributed by atoms with E-state index in [-0.39, 0.29) is 11.9 Å². The molecular weight excluding hydrogens is 248 g/mol. The summed E-state index contributed by atoms with van der Waals surface area (Å²) in [6.45, 7) is 2.42. The van der Waals surface area contributed by atoms with Gasteiger partial charge in [0.2, 0.25) is 5.91 Å². The standard InChI is InChI=1S/C13H20N2O2S/c1-10(8-14)15(2)13(16)9-18-12-6-4-5-11(7-12)17-3/h4-7,10H,8-9,14H2,1-3H3. The van der Waals surface area contributed by atoms with Crippen molar-refractivity contribution >= 4 is 17.7 Å². The SMILES string of the molecule is COc1cccc(SCC(=O)N(C)C(C)CN)c1. The van der Waals surface area contributed by atoms with Crippen LogP contribution in [-0.4, -0.2) is 43.3 Å². The number of rotatable bonds is 6. The zero-order valence-corrected chi connectivity index (χ0v) is 11.9. The van der Waals surface area contributed by atoms with E-state index in [1.165, 1.54) is 11.8 Å². The minimum atomic E-state index is 0.0726. The van der Waals surface area contributed by atoms with Gasteiger partial charge in [0.1, 0.15) is 5.75 Å². The fraction of sp³-hybridized carbons (Fsp3) is 0.462. The number of carbonyl (C=O) groups is 1. The molecule has 0 aliphatic carbocycles. The van der Waals surface area contributed by atoms with Gasteiger partial charge in [0.25, 0.3) is 0 Å². The lowest BCUT2D eigenvalue weighted by molar-refractivity contribution is -0.128. The molecule has 1 amide bonds. The molecule has 1 aromatic rings. The third kappa shape index (κ3) is 4.23. The minimum Gasteiger partial charge on any atom is -0.497 e. The summed E-state index contributed by atoms with van der Waals surface area (Å²) in [5, 5.41) is 0. The molecule has 0 fully saturated rings. The van der Waals surface area contributed by atoms with Crippen LogP contribution < -0.4 is 10.5 Å². The number of amides is 1. The number of carbonyl (C=O) groups excluding carboxylic acids is 1. The van der Waals surface area contributed by atoms with Gasteiger partial charge in [-0.3, -0.25) is 4.79 Å². The third-order valence-electron chi connectivity index (χ3n) is 2.80. The number of methoxy groups -OCH3 is 1. The summed E-state index contributed by atoms with van der Waals surface area (Å²) in [7, 11) is 3.41. The Morgan fingerprint density at radius 3 is 2.89 bits per heavy atom. The molecule has 5 heteroatoms. The summed E-state index contributed by atoms with van der Waals surface area (Å²) in [6.07, 6.45) is 0. The molecule has 100 valence electrons. The molecule has 0 aromatic heterocycles. The Kier molecular flexibility index (Phi) is 6.01. The monoisotopic (exact) mass is 268 g/mol. The summed E-state index contributed by atoms with van der Waals surface area (Å²) in [6, 6.07) is 7.76. The number of thioether (sulfide) groups is 1. The van der Waals surface area contributed by atoms with Gasteiger partial charge in [0.05, 0.1) is 12.9 Å². The number of ether oxygens (including phenoxy) is 1. The first-order valence-corrected chi connectivity index (χ1v) is 6.79. The minimum absolute atomic E-state index is 0.0726. The lowest BCUT2D eigenvalue weighted by Gasteiger charge is -2.23. The molecule has 1 aromatic carbocycles. The highest BCUT2D eigenvalue weighted by molar-refractivity contribution is 8.00. The van der Waals surface area contributed by atoms with E-state index >= 15 is 0 Å². The summed E-state index contributed by atoms with van der Waals surface area (Å²) in [4.78, 5) is 14.6. The maximum atomic E-state index is 11.9. The van der Waals surface area contributed by atoms with Crippen LogP contribution in [0.4, 0.5) is 0 Å². The van der Waals surface area contributed by atoms with Gasteiger partial charge in [-0.1, -0.05) is 6.07 Å². The lowest BCUT2D eigenvalue weighted by Crippen LogP contribution is -2.40. The van der Waals surface area contributed by atoms with E-state index < -0.39 is 0 Å². The first-order chi connectivity index (χ1) is 8.58. The zero-order valence-electron chi connectivity index (χ0n) is 11.1. The highest BCUT2D eigenvalue weighted by Gasteiger charge is 2.14. The highest BCUT2D eigenvalue weighted by atomic mass is 32.2. The van der Waals surface area contributed by atoms with Gasteiger partial charge in [-0.25, -0.2) is 0 Å². The second-order valence-electron chi connectivity index (χ2n) is 4.06. The van der Waals surface area contributed by atoms with Gasteiger partial charge in [-0.05, 0) is 25.1 Å². The van der Waals surface area contributed by atoms with E-state index in [1.807, 2.05) is 31.2 Å². The predicted octanol–water partition coefficient (Wildman–Crippen LogP) is 1.59. The molecular formula is C13H20N2O2S. The number of benzene rings is 1. The van der Waals surface area contributed by atoms with Crippen molar-refractivity contribution in [2.24, 2.45) is 5.73 Å². The zero-order chi connectivity index (χ0) is 13.5. The van der Waals surface area contributed by atoms with E-state index in [0.717, 1.165) is 10.6 Å². The number of nitrogens with two attached hydrogens (primary N) is 1. The van der Waals surface area contributed by atoms with Crippen LogP contribution >= 0.6 is 11.8 Å². The smallest absolute Gasteiger partial charge is 0.232 e. The fourth-order valence-electron chi connectivity index (χ4n) is 1.34. The molecule has 0 spiro atoms. The predicted molar refractivity (Wildman–Crippen MR) is 75.0 cm³/mol. The molecule has 0 radical (unpaired) electrons.